The number of hydrogen-bond donors (Lipinski definition) is 1. The Morgan fingerprint density at radius 2 is 1.43 bits per heavy atom. The minimum Gasteiger partial charge on any atom is -0.497 e. The smallest absolute Gasteiger partial charge is 0.254 e. The van der Waals surface area contributed by atoms with Gasteiger partial charge in [-0.3, -0.25) is 14.3 Å². The molecule has 10 heteroatoms. The molecule has 1 aliphatic rings. The van der Waals surface area contributed by atoms with Crippen molar-refractivity contribution in [2.75, 3.05) is 20.8 Å². The molecule has 0 radical (unpaired) electrons. The summed E-state index contributed by atoms with van der Waals surface area (Å²) < 4.78 is 34.2. The van der Waals surface area contributed by atoms with Gasteiger partial charge in [0.25, 0.3) is 5.56 Å². The highest BCUT2D eigenvalue weighted by molar-refractivity contribution is 7.71. The Hall–Kier alpha value is -3.54. The summed E-state index contributed by atoms with van der Waals surface area (Å²) in [5.74, 6) is 1.51. The molecule has 1 fully saturated rings. The van der Waals surface area contributed by atoms with Crippen molar-refractivity contribution in [1.82, 2.24) is 9.55 Å². The van der Waals surface area contributed by atoms with Crippen LogP contribution in [0, 0.1) is 11.7 Å². The second-order valence-electron chi connectivity index (χ2n) is 13.6. The predicted molar refractivity (Wildman–Crippen MR) is 189 cm³/mol. The van der Waals surface area contributed by atoms with Crippen LogP contribution in [0.15, 0.2) is 89.9 Å². The Kier molecular flexibility index (Phi) is 10.3. The second kappa shape index (κ2) is 13.9. The van der Waals surface area contributed by atoms with Crippen molar-refractivity contribution in [3.8, 4) is 11.5 Å². The fourth-order valence-electron chi connectivity index (χ4n) is 5.78. The van der Waals surface area contributed by atoms with Gasteiger partial charge in [-0.05, 0) is 78.2 Å². The molecule has 0 bridgehead atoms. The summed E-state index contributed by atoms with van der Waals surface area (Å²) in [6.45, 7) is 13.2. The number of nitrogens with one attached hydrogen (secondary N) is 1. The number of ether oxygens (including phenoxy) is 4. The standard InChI is InChI=1S/C37H46N2O6SSi/c1-25-23-39(35(46)38-34(25)40)33-22-31(45-47(7,8)36(2,3)4)32(44-33)24-43-37(26-12-10-9-11-13-26,27-14-18-29(41-5)19-15-27)28-16-20-30(42-6)21-17-28/h9-21,23,31-33H,22,24H2,1-8H3,(H,38,40,46)/t31-,32+,33+/m0/s1. The quantitative estimate of drug-likeness (QED) is 0.0983. The van der Waals surface area contributed by atoms with Gasteiger partial charge >= 0.3 is 0 Å². The average molecular weight is 675 g/mol. The molecule has 2 heterocycles. The van der Waals surface area contributed by atoms with Crippen LogP contribution >= 0.6 is 12.2 Å². The predicted octanol–water partition coefficient (Wildman–Crippen LogP) is 7.92. The molecule has 1 saturated heterocycles. The molecule has 3 atom stereocenters. The van der Waals surface area contributed by atoms with E-state index in [0.29, 0.717) is 16.8 Å². The first-order chi connectivity index (χ1) is 22.3. The molecular weight excluding hydrogens is 629 g/mol. The van der Waals surface area contributed by atoms with Crippen molar-refractivity contribution < 1.29 is 23.4 Å². The van der Waals surface area contributed by atoms with E-state index in [2.05, 4.69) is 51.0 Å². The molecule has 4 aromatic rings. The van der Waals surface area contributed by atoms with Gasteiger partial charge in [-0.25, -0.2) is 0 Å². The van der Waals surface area contributed by atoms with Crippen LogP contribution in [0.5, 0.6) is 11.5 Å². The number of aromatic nitrogens is 2. The molecule has 8 nitrogen and oxygen atoms in total. The van der Waals surface area contributed by atoms with Crippen molar-refractivity contribution in [1.29, 1.82) is 0 Å². The first-order valence-electron chi connectivity index (χ1n) is 15.9. The van der Waals surface area contributed by atoms with Crippen molar-refractivity contribution in [3.05, 3.63) is 122 Å². The molecule has 0 spiro atoms. The van der Waals surface area contributed by atoms with Crippen LogP contribution in [0.4, 0.5) is 0 Å². The van der Waals surface area contributed by atoms with Gasteiger partial charge in [0.1, 0.15) is 29.4 Å². The molecule has 0 aliphatic carbocycles. The maximum Gasteiger partial charge on any atom is 0.254 e. The van der Waals surface area contributed by atoms with Crippen molar-refractivity contribution in [2.24, 2.45) is 0 Å². The molecule has 47 heavy (non-hydrogen) atoms. The topological polar surface area (TPSA) is 83.9 Å². The van der Waals surface area contributed by atoms with Gasteiger partial charge in [0.15, 0.2) is 13.1 Å². The first kappa shape index (κ1) is 34.8. The molecule has 250 valence electrons. The normalized spacial score (nSPS) is 18.7. The third-order valence-corrected chi connectivity index (χ3v) is 14.3. The van der Waals surface area contributed by atoms with Crippen LogP contribution in [0.1, 0.15) is 55.7 Å². The maximum absolute atomic E-state index is 12.3. The highest BCUT2D eigenvalue weighted by atomic mass is 32.1. The van der Waals surface area contributed by atoms with Gasteiger partial charge in [-0.1, -0.05) is 75.4 Å². The number of aromatic amines is 1. The van der Waals surface area contributed by atoms with Gasteiger partial charge in [0, 0.05) is 18.2 Å². The lowest BCUT2D eigenvalue weighted by atomic mass is 9.80. The van der Waals surface area contributed by atoms with E-state index in [-0.39, 0.29) is 23.3 Å². The number of rotatable bonds is 11. The lowest BCUT2D eigenvalue weighted by Gasteiger charge is -2.40. The van der Waals surface area contributed by atoms with Crippen LogP contribution in [-0.2, 0) is 19.5 Å². The van der Waals surface area contributed by atoms with Gasteiger partial charge in [0.05, 0.1) is 26.9 Å². The molecule has 3 aromatic carbocycles. The summed E-state index contributed by atoms with van der Waals surface area (Å²) in [5.41, 5.74) is 2.18. The van der Waals surface area contributed by atoms with E-state index < -0.39 is 26.3 Å². The van der Waals surface area contributed by atoms with E-state index in [1.165, 1.54) is 0 Å². The van der Waals surface area contributed by atoms with E-state index in [4.69, 9.17) is 35.6 Å². The number of methoxy groups -OCH3 is 2. The molecule has 1 N–H and O–H groups in total. The van der Waals surface area contributed by atoms with Gasteiger partial charge in [0.2, 0.25) is 0 Å². The number of hydrogen-bond acceptors (Lipinski definition) is 7. The summed E-state index contributed by atoms with van der Waals surface area (Å²) in [6, 6.07) is 26.2. The zero-order chi connectivity index (χ0) is 34.0. The molecule has 0 amide bonds. The van der Waals surface area contributed by atoms with Crippen LogP contribution in [0.25, 0.3) is 0 Å². The van der Waals surface area contributed by atoms with Crippen molar-refractivity contribution >= 4 is 20.5 Å². The van der Waals surface area contributed by atoms with Crippen molar-refractivity contribution in [2.45, 2.75) is 76.3 Å². The second-order valence-corrected chi connectivity index (χ2v) is 18.7. The average Bonchev–Trinajstić information content (AvgIpc) is 3.45. The molecule has 0 saturated carbocycles. The fourth-order valence-corrected chi connectivity index (χ4v) is 7.40. The molecule has 1 aromatic heterocycles. The molecule has 5 rings (SSSR count). The summed E-state index contributed by atoms with van der Waals surface area (Å²) in [4.78, 5) is 15.1. The SMILES string of the molecule is COc1ccc(C(OC[C@H]2O[C@@H](n3cc(C)c(=O)[nH]c3=S)C[C@@H]2O[Si](C)(C)C(C)(C)C)(c2ccccc2)c2ccc(OC)cc2)cc1. The number of nitrogens with zero attached hydrogens (tertiary/aromatic N) is 1. The van der Waals surface area contributed by atoms with E-state index in [0.717, 1.165) is 28.2 Å². The molecule has 1 aliphatic heterocycles. The van der Waals surface area contributed by atoms with E-state index in [1.54, 1.807) is 27.3 Å². The first-order valence-corrected chi connectivity index (χ1v) is 19.2. The Balaban J connectivity index is 1.60. The van der Waals surface area contributed by atoms with Gasteiger partial charge in [-0.2, -0.15) is 0 Å². The minimum absolute atomic E-state index is 0.0125. The largest absolute Gasteiger partial charge is 0.497 e. The van der Waals surface area contributed by atoms with Crippen LogP contribution < -0.4 is 15.0 Å². The maximum atomic E-state index is 12.3. The Morgan fingerprint density at radius 3 is 1.94 bits per heavy atom. The summed E-state index contributed by atoms with van der Waals surface area (Å²) >= 11 is 5.58. The monoisotopic (exact) mass is 674 g/mol. The van der Waals surface area contributed by atoms with E-state index >= 15 is 0 Å². The summed E-state index contributed by atoms with van der Waals surface area (Å²) in [6.07, 6.45) is 1.19. The van der Waals surface area contributed by atoms with Crippen molar-refractivity contribution in [3.63, 3.8) is 0 Å². The molecular formula is C37H46N2O6SSi. The third-order valence-electron chi connectivity index (χ3n) is 9.53. The summed E-state index contributed by atoms with van der Waals surface area (Å²) in [7, 11) is 1.10. The van der Waals surface area contributed by atoms with Crippen LogP contribution in [0.3, 0.4) is 0 Å². The Labute approximate surface area is 283 Å². The third kappa shape index (κ3) is 7.17. The van der Waals surface area contributed by atoms with Crippen LogP contribution in [-0.4, -0.2) is 50.9 Å². The van der Waals surface area contributed by atoms with Crippen LogP contribution in [0.2, 0.25) is 18.1 Å². The number of H-pyrrole nitrogens is 1. The van der Waals surface area contributed by atoms with Gasteiger partial charge < -0.3 is 23.4 Å². The fraction of sp³-hybridized carbons (Fsp3) is 0.405. The number of benzene rings is 3. The lowest BCUT2D eigenvalue weighted by Crippen LogP contribution is -2.47. The Bertz CT molecular complexity index is 1720. The zero-order valence-electron chi connectivity index (χ0n) is 28.5. The number of aryl methyl sites for hydroxylation is 1. The zero-order valence-corrected chi connectivity index (χ0v) is 30.4. The van der Waals surface area contributed by atoms with Gasteiger partial charge in [-0.15, -0.1) is 0 Å². The lowest BCUT2D eigenvalue weighted by molar-refractivity contribution is -0.0925. The highest BCUT2D eigenvalue weighted by Gasteiger charge is 2.47. The Morgan fingerprint density at radius 1 is 0.894 bits per heavy atom. The molecule has 0 unspecified atom stereocenters. The van der Waals surface area contributed by atoms with E-state index in [1.807, 2.05) is 71.3 Å². The minimum atomic E-state index is -2.22. The summed E-state index contributed by atoms with van der Waals surface area (Å²) in [5, 5.41) is -0.0125. The van der Waals surface area contributed by atoms with E-state index in [9.17, 15) is 4.79 Å². The highest BCUT2D eigenvalue weighted by Crippen LogP contribution is 2.45.